The standard InChI is InChI=1S/C29H33N3O4/c33-27(30-22-3-1-2-21(11-22)28(34)35)25-24(31-26(32-25)23-10-16-4-5-20(23)9-16)15-36-29-12-17-6-18(13-29)8-19(7-17)14-29/h1-5,11,16-20,23H,6-10,12-15H2,(H,30,33)(H,31,32)(H,34,35). The Hall–Kier alpha value is -2.93. The molecule has 0 saturated heterocycles. The molecule has 188 valence electrons. The fourth-order valence-electron chi connectivity index (χ4n) is 8.35. The van der Waals surface area contributed by atoms with E-state index in [1.54, 1.807) is 12.1 Å². The van der Waals surface area contributed by atoms with E-state index < -0.39 is 5.97 Å². The van der Waals surface area contributed by atoms with E-state index >= 15 is 0 Å². The molecule has 6 aliphatic carbocycles. The molecule has 0 radical (unpaired) electrons. The van der Waals surface area contributed by atoms with Crippen LogP contribution in [0.15, 0.2) is 36.4 Å². The summed E-state index contributed by atoms with van der Waals surface area (Å²) in [5, 5.41) is 12.2. The molecule has 5 fully saturated rings. The lowest BCUT2D eigenvalue weighted by atomic mass is 9.54. The van der Waals surface area contributed by atoms with E-state index in [9.17, 15) is 14.7 Å². The highest BCUT2D eigenvalue weighted by atomic mass is 16.5. The molecule has 7 nitrogen and oxygen atoms in total. The number of anilines is 1. The number of aromatic carboxylic acids is 1. The summed E-state index contributed by atoms with van der Waals surface area (Å²) in [7, 11) is 0. The molecular formula is C29H33N3O4. The van der Waals surface area contributed by atoms with Crippen molar-refractivity contribution in [3.63, 3.8) is 0 Å². The number of nitrogens with one attached hydrogen (secondary N) is 2. The second kappa shape index (κ2) is 8.30. The lowest BCUT2D eigenvalue weighted by molar-refractivity contribution is -0.169. The predicted molar refractivity (Wildman–Crippen MR) is 134 cm³/mol. The van der Waals surface area contributed by atoms with Crippen LogP contribution in [-0.4, -0.2) is 32.6 Å². The van der Waals surface area contributed by atoms with Crippen LogP contribution in [0.3, 0.4) is 0 Å². The maximum Gasteiger partial charge on any atom is 0.335 e. The van der Waals surface area contributed by atoms with E-state index in [2.05, 4.69) is 22.5 Å². The van der Waals surface area contributed by atoms with Crippen molar-refractivity contribution in [3.05, 3.63) is 59.2 Å². The number of imidazole rings is 1. The van der Waals surface area contributed by atoms with Crippen LogP contribution in [0, 0.1) is 29.6 Å². The fourth-order valence-corrected chi connectivity index (χ4v) is 8.35. The molecule has 0 spiro atoms. The lowest BCUT2D eigenvalue weighted by Gasteiger charge is -2.56. The quantitative estimate of drug-likeness (QED) is 0.446. The number of nitrogens with zero attached hydrogens (tertiary/aromatic N) is 1. The Morgan fingerprint density at radius 2 is 1.81 bits per heavy atom. The van der Waals surface area contributed by atoms with Gasteiger partial charge in [0, 0.05) is 11.6 Å². The molecule has 5 saturated carbocycles. The van der Waals surface area contributed by atoms with Gasteiger partial charge in [-0.2, -0.15) is 0 Å². The van der Waals surface area contributed by atoms with Crippen LogP contribution in [0.5, 0.6) is 0 Å². The van der Waals surface area contributed by atoms with E-state index in [1.165, 1.54) is 31.4 Å². The van der Waals surface area contributed by atoms with Gasteiger partial charge in [-0.1, -0.05) is 18.2 Å². The molecule has 6 bridgehead atoms. The van der Waals surface area contributed by atoms with Crippen LogP contribution in [0.1, 0.15) is 89.6 Å². The van der Waals surface area contributed by atoms with Crippen LogP contribution < -0.4 is 5.32 Å². The minimum absolute atomic E-state index is 0.0568. The first-order valence-corrected chi connectivity index (χ1v) is 13.5. The number of allylic oxidation sites excluding steroid dienone is 2. The van der Waals surface area contributed by atoms with Gasteiger partial charge in [-0.25, -0.2) is 9.78 Å². The molecule has 6 aliphatic rings. The van der Waals surface area contributed by atoms with Crippen LogP contribution in [0.25, 0.3) is 0 Å². The monoisotopic (exact) mass is 487 g/mol. The lowest BCUT2D eigenvalue weighted by Crippen LogP contribution is -2.51. The number of aromatic nitrogens is 2. The number of hydrogen-bond acceptors (Lipinski definition) is 4. The molecule has 2 aromatic rings. The Bertz CT molecular complexity index is 1210. The number of carboxylic acid groups (broad SMARTS) is 1. The van der Waals surface area contributed by atoms with Gasteiger partial charge in [0.25, 0.3) is 5.91 Å². The normalized spacial score (nSPS) is 35.4. The summed E-state index contributed by atoms with van der Waals surface area (Å²) in [5.41, 5.74) is 1.62. The third kappa shape index (κ3) is 3.88. The highest BCUT2D eigenvalue weighted by Gasteiger charge is 2.52. The van der Waals surface area contributed by atoms with E-state index in [0.29, 0.717) is 35.7 Å². The summed E-state index contributed by atoms with van der Waals surface area (Å²) >= 11 is 0. The highest BCUT2D eigenvalue weighted by molar-refractivity contribution is 6.04. The second-order valence-electron chi connectivity index (χ2n) is 12.1. The summed E-state index contributed by atoms with van der Waals surface area (Å²) in [6.07, 6.45) is 14.3. The highest BCUT2D eigenvalue weighted by Crippen LogP contribution is 2.57. The maximum atomic E-state index is 13.4. The Morgan fingerprint density at radius 3 is 2.44 bits per heavy atom. The fraction of sp³-hybridized carbons (Fsp3) is 0.552. The van der Waals surface area contributed by atoms with Crippen LogP contribution in [0.2, 0.25) is 0 Å². The summed E-state index contributed by atoms with van der Waals surface area (Å²) in [5.74, 6) is 3.27. The minimum atomic E-state index is -1.03. The zero-order chi connectivity index (χ0) is 24.4. The smallest absolute Gasteiger partial charge is 0.335 e. The van der Waals surface area contributed by atoms with Crippen molar-refractivity contribution in [2.24, 2.45) is 29.6 Å². The summed E-state index contributed by atoms with van der Waals surface area (Å²) in [4.78, 5) is 33.1. The van der Waals surface area contributed by atoms with Crippen molar-refractivity contribution >= 4 is 17.6 Å². The van der Waals surface area contributed by atoms with Gasteiger partial charge >= 0.3 is 5.97 Å². The van der Waals surface area contributed by atoms with Gasteiger partial charge in [-0.3, -0.25) is 4.79 Å². The number of aromatic amines is 1. The molecule has 8 rings (SSSR count). The number of rotatable bonds is 7. The number of amides is 1. The second-order valence-corrected chi connectivity index (χ2v) is 12.1. The van der Waals surface area contributed by atoms with Crippen molar-refractivity contribution in [2.45, 2.75) is 69.5 Å². The molecule has 1 amide bonds. The number of carboxylic acids is 1. The van der Waals surface area contributed by atoms with Gasteiger partial charge < -0.3 is 20.1 Å². The van der Waals surface area contributed by atoms with Crippen molar-refractivity contribution < 1.29 is 19.4 Å². The van der Waals surface area contributed by atoms with Gasteiger partial charge in [0.05, 0.1) is 23.5 Å². The molecule has 3 N–H and O–H groups in total. The number of ether oxygens (including phenoxy) is 1. The predicted octanol–water partition coefficient (Wildman–Crippen LogP) is 5.53. The number of H-pyrrole nitrogens is 1. The summed E-state index contributed by atoms with van der Waals surface area (Å²) < 4.78 is 6.71. The largest absolute Gasteiger partial charge is 0.478 e. The van der Waals surface area contributed by atoms with Crippen molar-refractivity contribution in [1.29, 1.82) is 0 Å². The number of hydrogen-bond donors (Lipinski definition) is 3. The Kier molecular flexibility index (Phi) is 5.14. The van der Waals surface area contributed by atoms with Crippen LogP contribution in [-0.2, 0) is 11.3 Å². The summed E-state index contributed by atoms with van der Waals surface area (Å²) in [6, 6.07) is 6.32. The van der Waals surface area contributed by atoms with Crippen molar-refractivity contribution in [1.82, 2.24) is 9.97 Å². The molecule has 7 heteroatoms. The number of carbonyl (C=O) groups excluding carboxylic acids is 1. The third-order valence-corrected chi connectivity index (χ3v) is 9.51. The average Bonchev–Trinajstić information content (AvgIpc) is 3.58. The van der Waals surface area contributed by atoms with Gasteiger partial charge in [0.1, 0.15) is 5.82 Å². The molecule has 0 aliphatic heterocycles. The minimum Gasteiger partial charge on any atom is -0.478 e. The third-order valence-electron chi connectivity index (χ3n) is 9.51. The molecular weight excluding hydrogens is 454 g/mol. The molecule has 1 aromatic heterocycles. The van der Waals surface area contributed by atoms with E-state index in [0.717, 1.165) is 61.4 Å². The number of fused-ring (bicyclic) bond motifs is 2. The van der Waals surface area contributed by atoms with Gasteiger partial charge in [-0.15, -0.1) is 0 Å². The Labute approximate surface area is 210 Å². The first kappa shape index (κ1) is 22.3. The topological polar surface area (TPSA) is 104 Å². The zero-order valence-corrected chi connectivity index (χ0v) is 20.4. The molecule has 36 heavy (non-hydrogen) atoms. The number of benzene rings is 1. The maximum absolute atomic E-state index is 13.4. The van der Waals surface area contributed by atoms with Crippen molar-refractivity contribution in [3.8, 4) is 0 Å². The molecule has 1 aromatic carbocycles. The van der Waals surface area contributed by atoms with E-state index in [1.807, 2.05) is 0 Å². The average molecular weight is 488 g/mol. The SMILES string of the molecule is O=C(O)c1cccc(NC(=O)c2nc(C3CC4C=CC3C4)[nH]c2COC23CC4CC(CC(C4)C2)C3)c1. The first-order valence-electron chi connectivity index (χ1n) is 13.5. The van der Waals surface area contributed by atoms with E-state index in [-0.39, 0.29) is 17.1 Å². The zero-order valence-electron chi connectivity index (χ0n) is 20.4. The van der Waals surface area contributed by atoms with E-state index in [4.69, 9.17) is 9.72 Å². The molecule has 1 heterocycles. The van der Waals surface area contributed by atoms with Gasteiger partial charge in [-0.05, 0) is 99.2 Å². The molecule has 3 atom stereocenters. The summed E-state index contributed by atoms with van der Waals surface area (Å²) in [6.45, 7) is 0.355. The Morgan fingerprint density at radius 1 is 1.06 bits per heavy atom. The van der Waals surface area contributed by atoms with Crippen molar-refractivity contribution in [2.75, 3.05) is 5.32 Å². The number of carbonyl (C=O) groups is 2. The van der Waals surface area contributed by atoms with Gasteiger partial charge in [0.2, 0.25) is 0 Å². The Balaban J connectivity index is 1.15. The van der Waals surface area contributed by atoms with Gasteiger partial charge in [0.15, 0.2) is 5.69 Å². The van der Waals surface area contributed by atoms with Crippen LogP contribution >= 0.6 is 0 Å². The van der Waals surface area contributed by atoms with Crippen LogP contribution in [0.4, 0.5) is 5.69 Å². The molecule has 3 unspecified atom stereocenters. The first-order chi connectivity index (χ1) is 17.4.